The largest absolute Gasteiger partial charge is 0.314 e. The van der Waals surface area contributed by atoms with Crippen molar-refractivity contribution in [2.45, 2.75) is 0 Å². The molecule has 0 bridgehead atoms. The van der Waals surface area contributed by atoms with Gasteiger partial charge in [0.25, 0.3) is 10.2 Å². The summed E-state index contributed by atoms with van der Waals surface area (Å²) < 4.78 is 26.0. The van der Waals surface area contributed by atoms with Crippen LogP contribution in [0.25, 0.3) is 0 Å². The molecule has 0 aromatic heterocycles. The molecule has 1 aliphatic heterocycles. The molecule has 2 N–H and O–H groups in total. The summed E-state index contributed by atoms with van der Waals surface area (Å²) in [7, 11) is -1.75. The van der Waals surface area contributed by atoms with Crippen LogP contribution >= 0.6 is 0 Å². The summed E-state index contributed by atoms with van der Waals surface area (Å²) in [6.07, 6.45) is 0. The van der Waals surface area contributed by atoms with E-state index in [-0.39, 0.29) is 0 Å². The highest BCUT2D eigenvalue weighted by Gasteiger charge is 2.20. The van der Waals surface area contributed by atoms with E-state index in [0.717, 1.165) is 13.1 Å². The second-order valence-electron chi connectivity index (χ2n) is 2.36. The average Bonchev–Trinajstić information content (AvgIpc) is 2.06. The Hall–Kier alpha value is -0.170. The summed E-state index contributed by atoms with van der Waals surface area (Å²) in [6, 6.07) is 0. The summed E-state index contributed by atoms with van der Waals surface area (Å²) in [5.74, 6) is 0. The molecule has 5 nitrogen and oxygen atoms in total. The lowest BCUT2D eigenvalue weighted by molar-refractivity contribution is 0.356. The van der Waals surface area contributed by atoms with Gasteiger partial charge in [0.2, 0.25) is 0 Å². The summed E-state index contributed by atoms with van der Waals surface area (Å²) in [4.78, 5) is 0. The molecule has 66 valence electrons. The fourth-order valence-corrected chi connectivity index (χ4v) is 1.94. The third-order valence-electron chi connectivity index (χ3n) is 1.67. The first-order chi connectivity index (χ1) is 5.17. The van der Waals surface area contributed by atoms with Crippen molar-refractivity contribution in [1.82, 2.24) is 14.3 Å². The standard InChI is InChI=1S/C5H13N3O2S/c1-6-11(9,10)8-4-2-7-3-5-8/h6-7H,2-5H2,1H3. The molecule has 1 fully saturated rings. The number of rotatable bonds is 2. The van der Waals surface area contributed by atoms with Gasteiger partial charge in [0.1, 0.15) is 0 Å². The monoisotopic (exact) mass is 179 g/mol. The summed E-state index contributed by atoms with van der Waals surface area (Å²) in [5, 5.41) is 3.08. The fraction of sp³-hybridized carbons (Fsp3) is 1.00. The molecule has 6 heteroatoms. The van der Waals surface area contributed by atoms with Crippen molar-refractivity contribution >= 4 is 10.2 Å². The summed E-state index contributed by atoms with van der Waals surface area (Å²) in [6.45, 7) is 2.59. The molecule has 0 radical (unpaired) electrons. The van der Waals surface area contributed by atoms with E-state index in [1.54, 1.807) is 0 Å². The van der Waals surface area contributed by atoms with Crippen LogP contribution in [-0.2, 0) is 10.2 Å². The first-order valence-electron chi connectivity index (χ1n) is 3.56. The molecule has 0 amide bonds. The zero-order valence-corrected chi connectivity index (χ0v) is 7.32. The minimum Gasteiger partial charge on any atom is -0.314 e. The molecule has 0 unspecified atom stereocenters. The maximum Gasteiger partial charge on any atom is 0.279 e. The van der Waals surface area contributed by atoms with Gasteiger partial charge >= 0.3 is 0 Å². The quantitative estimate of drug-likeness (QED) is 0.534. The molecule has 11 heavy (non-hydrogen) atoms. The van der Waals surface area contributed by atoms with Crippen LogP contribution in [0.4, 0.5) is 0 Å². The van der Waals surface area contributed by atoms with Crippen molar-refractivity contribution in [1.29, 1.82) is 0 Å². The van der Waals surface area contributed by atoms with Crippen molar-refractivity contribution in [3.8, 4) is 0 Å². The van der Waals surface area contributed by atoms with Crippen LogP contribution in [0, 0.1) is 0 Å². The summed E-state index contributed by atoms with van der Waals surface area (Å²) >= 11 is 0. The molecule has 0 saturated carbocycles. The predicted molar refractivity (Wildman–Crippen MR) is 42.4 cm³/mol. The van der Waals surface area contributed by atoms with Crippen LogP contribution < -0.4 is 10.0 Å². The Morgan fingerprint density at radius 1 is 1.36 bits per heavy atom. The molecule has 0 atom stereocenters. The molecular weight excluding hydrogens is 166 g/mol. The zero-order valence-electron chi connectivity index (χ0n) is 6.50. The SMILES string of the molecule is CNS(=O)(=O)N1CCNCC1. The topological polar surface area (TPSA) is 61.4 Å². The minimum absolute atomic E-state index is 0.559. The molecule has 0 aromatic rings. The number of piperazine rings is 1. The number of hydrogen-bond acceptors (Lipinski definition) is 3. The molecule has 0 aromatic carbocycles. The maximum atomic E-state index is 11.1. The highest BCUT2D eigenvalue weighted by atomic mass is 32.2. The van der Waals surface area contributed by atoms with Gasteiger partial charge in [-0.15, -0.1) is 0 Å². The number of nitrogens with one attached hydrogen (secondary N) is 2. The normalized spacial score (nSPS) is 21.9. The third kappa shape index (κ3) is 2.13. The second kappa shape index (κ2) is 3.48. The van der Waals surface area contributed by atoms with Gasteiger partial charge in [0.05, 0.1) is 0 Å². The Morgan fingerprint density at radius 2 is 1.91 bits per heavy atom. The molecule has 0 spiro atoms. The molecule has 1 aliphatic rings. The predicted octanol–water partition coefficient (Wildman–Crippen LogP) is -1.64. The maximum absolute atomic E-state index is 11.1. The molecule has 1 heterocycles. The van der Waals surface area contributed by atoms with Gasteiger partial charge in [-0.3, -0.25) is 0 Å². The Bertz CT molecular complexity index is 208. The Kier molecular flexibility index (Phi) is 2.83. The lowest BCUT2D eigenvalue weighted by atomic mass is 10.4. The zero-order chi connectivity index (χ0) is 8.32. The minimum atomic E-state index is -3.18. The van der Waals surface area contributed by atoms with E-state index in [9.17, 15) is 8.42 Å². The molecule has 1 saturated heterocycles. The van der Waals surface area contributed by atoms with E-state index in [0.29, 0.717) is 13.1 Å². The Morgan fingerprint density at radius 3 is 2.36 bits per heavy atom. The van der Waals surface area contributed by atoms with Crippen LogP contribution in [0.15, 0.2) is 0 Å². The van der Waals surface area contributed by atoms with Gasteiger partial charge in [-0.25, -0.2) is 4.72 Å². The van der Waals surface area contributed by atoms with Crippen molar-refractivity contribution in [3.05, 3.63) is 0 Å². The van der Waals surface area contributed by atoms with Crippen LogP contribution in [0.1, 0.15) is 0 Å². The first-order valence-corrected chi connectivity index (χ1v) is 5.00. The van der Waals surface area contributed by atoms with Crippen LogP contribution in [0.3, 0.4) is 0 Å². The van der Waals surface area contributed by atoms with Gasteiger partial charge in [0.15, 0.2) is 0 Å². The fourth-order valence-electron chi connectivity index (χ4n) is 1.01. The van der Waals surface area contributed by atoms with Crippen molar-refractivity contribution in [3.63, 3.8) is 0 Å². The van der Waals surface area contributed by atoms with Crippen molar-refractivity contribution < 1.29 is 8.42 Å². The van der Waals surface area contributed by atoms with Gasteiger partial charge in [-0.1, -0.05) is 0 Å². The lowest BCUT2D eigenvalue weighted by Crippen LogP contribution is -2.49. The van der Waals surface area contributed by atoms with Crippen molar-refractivity contribution in [2.24, 2.45) is 0 Å². The Labute approximate surface area is 66.9 Å². The van der Waals surface area contributed by atoms with E-state index >= 15 is 0 Å². The van der Waals surface area contributed by atoms with Crippen LogP contribution in [0.2, 0.25) is 0 Å². The molecule has 1 rings (SSSR count). The van der Waals surface area contributed by atoms with Gasteiger partial charge in [-0.2, -0.15) is 12.7 Å². The number of nitrogens with zero attached hydrogens (tertiary/aromatic N) is 1. The summed E-state index contributed by atoms with van der Waals surface area (Å²) in [5.41, 5.74) is 0. The molecular formula is C5H13N3O2S. The highest BCUT2D eigenvalue weighted by molar-refractivity contribution is 7.87. The average molecular weight is 179 g/mol. The third-order valence-corrected chi connectivity index (χ3v) is 3.23. The smallest absolute Gasteiger partial charge is 0.279 e. The molecule has 0 aliphatic carbocycles. The van der Waals surface area contributed by atoms with E-state index < -0.39 is 10.2 Å². The van der Waals surface area contributed by atoms with E-state index in [4.69, 9.17) is 0 Å². The van der Waals surface area contributed by atoms with Gasteiger partial charge in [-0.05, 0) is 0 Å². The second-order valence-corrected chi connectivity index (χ2v) is 4.23. The van der Waals surface area contributed by atoms with E-state index in [1.165, 1.54) is 11.4 Å². The Balaban J connectivity index is 2.58. The van der Waals surface area contributed by atoms with Gasteiger partial charge in [0, 0.05) is 33.2 Å². The van der Waals surface area contributed by atoms with Gasteiger partial charge < -0.3 is 5.32 Å². The lowest BCUT2D eigenvalue weighted by Gasteiger charge is -2.25. The van der Waals surface area contributed by atoms with E-state index in [1.807, 2.05) is 0 Å². The van der Waals surface area contributed by atoms with E-state index in [2.05, 4.69) is 10.0 Å². The van der Waals surface area contributed by atoms with Crippen LogP contribution in [0.5, 0.6) is 0 Å². The van der Waals surface area contributed by atoms with Crippen molar-refractivity contribution in [2.75, 3.05) is 33.2 Å². The van der Waals surface area contributed by atoms with Crippen LogP contribution in [-0.4, -0.2) is 45.9 Å². The highest BCUT2D eigenvalue weighted by Crippen LogP contribution is 1.97. The number of hydrogen-bond donors (Lipinski definition) is 2. The first kappa shape index (κ1) is 8.92.